The second-order valence-electron chi connectivity index (χ2n) is 6.27. The van der Waals surface area contributed by atoms with Crippen LogP contribution >= 0.6 is 0 Å². The summed E-state index contributed by atoms with van der Waals surface area (Å²) < 4.78 is 22.9. The van der Waals surface area contributed by atoms with Gasteiger partial charge in [-0.1, -0.05) is 30.3 Å². The summed E-state index contributed by atoms with van der Waals surface area (Å²) in [7, 11) is -2.80. The maximum absolute atomic E-state index is 11.4. The van der Waals surface area contributed by atoms with Crippen LogP contribution in [-0.4, -0.2) is 70.1 Å². The number of rotatable bonds is 8. The minimum atomic E-state index is -2.80. The number of hydrogen-bond donors (Lipinski definition) is 2. The number of aliphatic imine (C=N–C) groups is 1. The van der Waals surface area contributed by atoms with Crippen molar-refractivity contribution in [1.29, 1.82) is 0 Å². The lowest BCUT2D eigenvalue weighted by molar-refractivity contribution is 0.299. The van der Waals surface area contributed by atoms with Crippen molar-refractivity contribution >= 4 is 15.8 Å². The van der Waals surface area contributed by atoms with E-state index in [2.05, 4.69) is 51.7 Å². The van der Waals surface area contributed by atoms with Crippen molar-refractivity contribution in [1.82, 2.24) is 15.5 Å². The van der Waals surface area contributed by atoms with Crippen LogP contribution in [0.15, 0.2) is 35.3 Å². The molecule has 25 heavy (non-hydrogen) atoms. The van der Waals surface area contributed by atoms with Gasteiger partial charge in [0.05, 0.1) is 11.5 Å². The van der Waals surface area contributed by atoms with Crippen LogP contribution < -0.4 is 10.6 Å². The molecule has 7 heteroatoms. The van der Waals surface area contributed by atoms with Crippen LogP contribution in [0.2, 0.25) is 0 Å². The SMILES string of the molecule is CCNC(=NCCCc1ccccc1)NCCN1CCS(=O)(=O)CC1. The summed E-state index contributed by atoms with van der Waals surface area (Å²) in [5.41, 5.74) is 1.34. The van der Waals surface area contributed by atoms with Gasteiger partial charge in [0, 0.05) is 39.3 Å². The number of sulfone groups is 1. The Labute approximate surface area is 151 Å². The van der Waals surface area contributed by atoms with Gasteiger partial charge in [-0.15, -0.1) is 0 Å². The average molecular weight is 367 g/mol. The molecule has 1 aliphatic rings. The normalized spacial score (nSPS) is 18.0. The van der Waals surface area contributed by atoms with Gasteiger partial charge in [-0.05, 0) is 25.3 Å². The number of nitrogens with zero attached hydrogens (tertiary/aromatic N) is 2. The van der Waals surface area contributed by atoms with Crippen molar-refractivity contribution in [2.45, 2.75) is 19.8 Å². The van der Waals surface area contributed by atoms with Crippen LogP contribution in [-0.2, 0) is 16.3 Å². The lowest BCUT2D eigenvalue weighted by Gasteiger charge is -2.26. The fraction of sp³-hybridized carbons (Fsp3) is 0.611. The zero-order valence-corrected chi connectivity index (χ0v) is 15.9. The molecule has 0 bridgehead atoms. The predicted octanol–water partition coefficient (Wildman–Crippen LogP) is 0.905. The minimum absolute atomic E-state index is 0.278. The number of nitrogens with one attached hydrogen (secondary N) is 2. The van der Waals surface area contributed by atoms with Crippen LogP contribution in [0.3, 0.4) is 0 Å². The molecule has 0 aromatic heterocycles. The predicted molar refractivity (Wildman–Crippen MR) is 104 cm³/mol. The van der Waals surface area contributed by atoms with Crippen molar-refractivity contribution in [3.05, 3.63) is 35.9 Å². The molecule has 2 N–H and O–H groups in total. The van der Waals surface area contributed by atoms with Gasteiger partial charge in [-0.25, -0.2) is 8.42 Å². The van der Waals surface area contributed by atoms with E-state index in [-0.39, 0.29) is 11.5 Å². The van der Waals surface area contributed by atoms with Crippen LogP contribution in [0.25, 0.3) is 0 Å². The molecular formula is C18H30N4O2S. The molecule has 1 aromatic rings. The van der Waals surface area contributed by atoms with E-state index in [4.69, 9.17) is 0 Å². The zero-order valence-electron chi connectivity index (χ0n) is 15.1. The fourth-order valence-electron chi connectivity index (χ4n) is 2.77. The van der Waals surface area contributed by atoms with Gasteiger partial charge in [-0.2, -0.15) is 0 Å². The van der Waals surface area contributed by atoms with Crippen LogP contribution in [0.4, 0.5) is 0 Å². The molecule has 1 aliphatic heterocycles. The summed E-state index contributed by atoms with van der Waals surface area (Å²) >= 11 is 0. The molecule has 0 saturated carbocycles. The van der Waals surface area contributed by atoms with Crippen molar-refractivity contribution in [3.8, 4) is 0 Å². The molecule has 1 fully saturated rings. The van der Waals surface area contributed by atoms with E-state index in [1.807, 2.05) is 6.07 Å². The molecular weight excluding hydrogens is 336 g/mol. The summed E-state index contributed by atoms with van der Waals surface area (Å²) in [4.78, 5) is 6.80. The standard InChI is InChI=1S/C18H30N4O2S/c1-2-19-18(20-10-6-9-17-7-4-3-5-8-17)21-11-12-22-13-15-25(23,24)16-14-22/h3-5,7-8H,2,6,9-16H2,1H3,(H2,19,20,21). The molecule has 140 valence electrons. The Bertz CT molecular complexity index is 618. The number of hydrogen-bond acceptors (Lipinski definition) is 4. The number of guanidine groups is 1. The van der Waals surface area contributed by atoms with Gasteiger partial charge in [0.2, 0.25) is 0 Å². The Morgan fingerprint density at radius 2 is 1.88 bits per heavy atom. The highest BCUT2D eigenvalue weighted by Gasteiger charge is 2.20. The molecule has 0 amide bonds. The zero-order chi connectivity index (χ0) is 18.0. The Balaban J connectivity index is 1.67. The summed E-state index contributed by atoms with van der Waals surface area (Å²) in [5, 5.41) is 6.59. The summed E-state index contributed by atoms with van der Waals surface area (Å²) in [6.45, 7) is 6.54. The summed E-state index contributed by atoms with van der Waals surface area (Å²) in [6, 6.07) is 10.5. The first-order valence-corrected chi connectivity index (χ1v) is 10.9. The van der Waals surface area contributed by atoms with Gasteiger partial charge in [-0.3, -0.25) is 9.89 Å². The topological polar surface area (TPSA) is 73.8 Å². The lowest BCUT2D eigenvalue weighted by atomic mass is 10.1. The first kappa shape index (κ1) is 19.7. The van der Waals surface area contributed by atoms with Crippen molar-refractivity contribution in [3.63, 3.8) is 0 Å². The highest BCUT2D eigenvalue weighted by Crippen LogP contribution is 2.03. The maximum Gasteiger partial charge on any atom is 0.191 e. The number of benzene rings is 1. The average Bonchev–Trinajstić information content (AvgIpc) is 2.61. The third kappa shape index (κ3) is 7.88. The highest BCUT2D eigenvalue weighted by atomic mass is 32.2. The fourth-order valence-corrected chi connectivity index (χ4v) is 4.04. The van der Waals surface area contributed by atoms with E-state index in [0.717, 1.165) is 45.0 Å². The maximum atomic E-state index is 11.4. The molecule has 6 nitrogen and oxygen atoms in total. The Morgan fingerprint density at radius 3 is 2.56 bits per heavy atom. The molecule has 2 rings (SSSR count). The van der Waals surface area contributed by atoms with Crippen LogP contribution in [0.5, 0.6) is 0 Å². The second-order valence-corrected chi connectivity index (χ2v) is 8.57. The second kappa shape index (κ2) is 10.4. The van der Waals surface area contributed by atoms with E-state index < -0.39 is 9.84 Å². The number of aryl methyl sites for hydroxylation is 1. The van der Waals surface area contributed by atoms with E-state index in [1.54, 1.807) is 0 Å². The lowest BCUT2D eigenvalue weighted by Crippen LogP contribution is -2.46. The molecule has 1 heterocycles. The summed E-state index contributed by atoms with van der Waals surface area (Å²) in [5.74, 6) is 1.39. The molecule has 0 atom stereocenters. The van der Waals surface area contributed by atoms with E-state index in [9.17, 15) is 8.42 Å². The molecule has 0 spiro atoms. The third-order valence-corrected chi connectivity index (χ3v) is 5.85. The smallest absolute Gasteiger partial charge is 0.191 e. The Morgan fingerprint density at radius 1 is 1.16 bits per heavy atom. The van der Waals surface area contributed by atoms with E-state index in [1.165, 1.54) is 5.56 Å². The molecule has 1 saturated heterocycles. The molecule has 0 radical (unpaired) electrons. The van der Waals surface area contributed by atoms with Gasteiger partial charge in [0.25, 0.3) is 0 Å². The van der Waals surface area contributed by atoms with Crippen LogP contribution in [0, 0.1) is 0 Å². The monoisotopic (exact) mass is 366 g/mol. The van der Waals surface area contributed by atoms with Crippen molar-refractivity contribution < 1.29 is 8.42 Å². The Hall–Kier alpha value is -1.60. The Kier molecular flexibility index (Phi) is 8.21. The largest absolute Gasteiger partial charge is 0.357 e. The van der Waals surface area contributed by atoms with Crippen molar-refractivity contribution in [2.75, 3.05) is 50.8 Å². The van der Waals surface area contributed by atoms with Gasteiger partial charge in [0.15, 0.2) is 15.8 Å². The van der Waals surface area contributed by atoms with Gasteiger partial charge < -0.3 is 10.6 Å². The van der Waals surface area contributed by atoms with E-state index in [0.29, 0.717) is 13.1 Å². The minimum Gasteiger partial charge on any atom is -0.357 e. The molecule has 0 aliphatic carbocycles. The first-order chi connectivity index (χ1) is 12.1. The molecule has 1 aromatic carbocycles. The highest BCUT2D eigenvalue weighted by molar-refractivity contribution is 7.91. The van der Waals surface area contributed by atoms with Crippen LogP contribution in [0.1, 0.15) is 18.9 Å². The third-order valence-electron chi connectivity index (χ3n) is 4.24. The summed E-state index contributed by atoms with van der Waals surface area (Å²) in [6.07, 6.45) is 2.05. The van der Waals surface area contributed by atoms with E-state index >= 15 is 0 Å². The van der Waals surface area contributed by atoms with Gasteiger partial charge >= 0.3 is 0 Å². The van der Waals surface area contributed by atoms with Crippen molar-refractivity contribution in [2.24, 2.45) is 4.99 Å². The van der Waals surface area contributed by atoms with Gasteiger partial charge in [0.1, 0.15) is 0 Å². The molecule has 0 unspecified atom stereocenters. The quantitative estimate of drug-likeness (QED) is 0.406. The first-order valence-electron chi connectivity index (χ1n) is 9.08.